The van der Waals surface area contributed by atoms with Gasteiger partial charge in [0, 0.05) is 19.5 Å². The Hall–Kier alpha value is -1.06. The van der Waals surface area contributed by atoms with Crippen LogP contribution < -0.4 is 5.32 Å². The number of nitrogens with one attached hydrogen (secondary N) is 1. The van der Waals surface area contributed by atoms with Gasteiger partial charge in [-0.25, -0.2) is 0 Å². The zero-order valence-electron chi connectivity index (χ0n) is 9.80. The van der Waals surface area contributed by atoms with E-state index in [9.17, 15) is 9.59 Å². The summed E-state index contributed by atoms with van der Waals surface area (Å²) in [5, 5.41) is 2.78. The molecule has 1 saturated heterocycles. The van der Waals surface area contributed by atoms with Gasteiger partial charge in [0.2, 0.25) is 11.8 Å². The van der Waals surface area contributed by atoms with Crippen molar-refractivity contribution in [2.24, 2.45) is 0 Å². The monoisotopic (exact) mass is 212 g/mol. The largest absolute Gasteiger partial charge is 0.352 e. The van der Waals surface area contributed by atoms with Gasteiger partial charge in [0.15, 0.2) is 0 Å². The van der Waals surface area contributed by atoms with Gasteiger partial charge in [-0.05, 0) is 20.3 Å². The van der Waals surface area contributed by atoms with E-state index in [0.29, 0.717) is 19.5 Å². The molecule has 86 valence electrons. The van der Waals surface area contributed by atoms with Gasteiger partial charge in [-0.3, -0.25) is 9.59 Å². The quantitative estimate of drug-likeness (QED) is 0.756. The van der Waals surface area contributed by atoms with Crippen molar-refractivity contribution in [3.63, 3.8) is 0 Å². The molecule has 0 aromatic heterocycles. The number of carbonyl (C=O) groups is 2. The fourth-order valence-corrected chi connectivity index (χ4v) is 1.80. The molecule has 1 rings (SSSR count). The Kier molecular flexibility index (Phi) is 3.72. The van der Waals surface area contributed by atoms with Crippen LogP contribution in [0.2, 0.25) is 0 Å². The maximum atomic E-state index is 11.9. The van der Waals surface area contributed by atoms with Crippen molar-refractivity contribution in [2.75, 3.05) is 13.1 Å². The SMILES string of the molecule is CCCCC(=O)N1CCNC(=O)C1(C)C. The second-order valence-electron chi connectivity index (χ2n) is 4.46. The molecule has 1 aliphatic rings. The summed E-state index contributed by atoms with van der Waals surface area (Å²) in [6, 6.07) is 0. The highest BCUT2D eigenvalue weighted by molar-refractivity contribution is 5.91. The van der Waals surface area contributed by atoms with Gasteiger partial charge in [0.1, 0.15) is 5.54 Å². The minimum Gasteiger partial charge on any atom is -0.352 e. The molecule has 0 atom stereocenters. The van der Waals surface area contributed by atoms with E-state index in [1.807, 2.05) is 0 Å². The predicted molar refractivity (Wildman–Crippen MR) is 58.3 cm³/mol. The van der Waals surface area contributed by atoms with Crippen LogP contribution in [0.4, 0.5) is 0 Å². The third-order valence-electron chi connectivity index (χ3n) is 2.90. The zero-order chi connectivity index (χ0) is 11.5. The molecule has 0 aromatic rings. The number of unbranched alkanes of at least 4 members (excludes halogenated alkanes) is 1. The molecular formula is C11H20N2O2. The Balaban J connectivity index is 2.66. The molecule has 0 radical (unpaired) electrons. The van der Waals surface area contributed by atoms with E-state index in [1.54, 1.807) is 18.7 Å². The van der Waals surface area contributed by atoms with Crippen LogP contribution in [0, 0.1) is 0 Å². The van der Waals surface area contributed by atoms with E-state index < -0.39 is 5.54 Å². The average Bonchev–Trinajstić information content (AvgIpc) is 2.18. The highest BCUT2D eigenvalue weighted by atomic mass is 16.2. The van der Waals surface area contributed by atoms with Crippen LogP contribution in [0.25, 0.3) is 0 Å². The number of amides is 2. The molecule has 2 amide bonds. The van der Waals surface area contributed by atoms with Crippen molar-refractivity contribution in [2.45, 2.75) is 45.6 Å². The first-order valence-corrected chi connectivity index (χ1v) is 5.59. The standard InChI is InChI=1S/C11H20N2O2/c1-4-5-6-9(14)13-8-7-12-10(15)11(13,2)3/h4-8H2,1-3H3,(H,12,15). The molecule has 1 aliphatic heterocycles. The number of hydrogen-bond acceptors (Lipinski definition) is 2. The molecule has 0 bridgehead atoms. The minimum absolute atomic E-state index is 0.0569. The Labute approximate surface area is 91.0 Å². The zero-order valence-corrected chi connectivity index (χ0v) is 9.80. The van der Waals surface area contributed by atoms with Crippen molar-refractivity contribution in [1.82, 2.24) is 10.2 Å². The lowest BCUT2D eigenvalue weighted by Gasteiger charge is -2.41. The first kappa shape index (κ1) is 12.0. The van der Waals surface area contributed by atoms with Gasteiger partial charge >= 0.3 is 0 Å². The topological polar surface area (TPSA) is 49.4 Å². The summed E-state index contributed by atoms with van der Waals surface area (Å²) in [6.07, 6.45) is 2.45. The van der Waals surface area contributed by atoms with Gasteiger partial charge < -0.3 is 10.2 Å². The number of nitrogens with zero attached hydrogens (tertiary/aromatic N) is 1. The van der Waals surface area contributed by atoms with Crippen LogP contribution in [0.5, 0.6) is 0 Å². The molecule has 4 heteroatoms. The first-order chi connectivity index (χ1) is 7.00. The molecule has 15 heavy (non-hydrogen) atoms. The van der Waals surface area contributed by atoms with Gasteiger partial charge in [-0.1, -0.05) is 13.3 Å². The van der Waals surface area contributed by atoms with Crippen LogP contribution in [-0.2, 0) is 9.59 Å². The molecule has 0 unspecified atom stereocenters. The van der Waals surface area contributed by atoms with E-state index in [4.69, 9.17) is 0 Å². The summed E-state index contributed by atoms with van der Waals surface area (Å²) in [4.78, 5) is 25.2. The second kappa shape index (κ2) is 4.64. The van der Waals surface area contributed by atoms with Crippen LogP contribution in [0.1, 0.15) is 40.0 Å². The normalized spacial score (nSPS) is 19.9. The summed E-state index contributed by atoms with van der Waals surface area (Å²) < 4.78 is 0. The van der Waals surface area contributed by atoms with E-state index in [-0.39, 0.29) is 11.8 Å². The minimum atomic E-state index is -0.691. The third-order valence-corrected chi connectivity index (χ3v) is 2.90. The third kappa shape index (κ3) is 2.49. The second-order valence-corrected chi connectivity index (χ2v) is 4.46. The fourth-order valence-electron chi connectivity index (χ4n) is 1.80. The lowest BCUT2D eigenvalue weighted by Crippen LogP contribution is -2.63. The summed E-state index contributed by atoms with van der Waals surface area (Å²) in [6.45, 7) is 6.85. The van der Waals surface area contributed by atoms with Crippen molar-refractivity contribution in [3.8, 4) is 0 Å². The summed E-state index contributed by atoms with van der Waals surface area (Å²) in [7, 11) is 0. The van der Waals surface area contributed by atoms with Crippen molar-refractivity contribution < 1.29 is 9.59 Å². The molecule has 4 nitrogen and oxygen atoms in total. The van der Waals surface area contributed by atoms with Gasteiger partial charge in [-0.15, -0.1) is 0 Å². The van der Waals surface area contributed by atoms with E-state index in [0.717, 1.165) is 12.8 Å². The number of carbonyl (C=O) groups excluding carboxylic acids is 2. The van der Waals surface area contributed by atoms with Crippen LogP contribution in [0.15, 0.2) is 0 Å². The molecule has 0 spiro atoms. The molecular weight excluding hydrogens is 192 g/mol. The number of hydrogen-bond donors (Lipinski definition) is 1. The van der Waals surface area contributed by atoms with Crippen molar-refractivity contribution in [1.29, 1.82) is 0 Å². The van der Waals surface area contributed by atoms with Crippen molar-refractivity contribution >= 4 is 11.8 Å². The molecule has 0 saturated carbocycles. The fraction of sp³-hybridized carbons (Fsp3) is 0.818. The molecule has 1 fully saturated rings. The Morgan fingerprint density at radius 2 is 2.20 bits per heavy atom. The average molecular weight is 212 g/mol. The molecule has 1 N–H and O–H groups in total. The predicted octanol–water partition coefficient (Wildman–Crippen LogP) is 0.914. The van der Waals surface area contributed by atoms with Gasteiger partial charge in [0.05, 0.1) is 0 Å². The number of rotatable bonds is 3. The summed E-state index contributed by atoms with van der Waals surface area (Å²) >= 11 is 0. The van der Waals surface area contributed by atoms with Crippen molar-refractivity contribution in [3.05, 3.63) is 0 Å². The molecule has 0 aromatic carbocycles. The smallest absolute Gasteiger partial charge is 0.245 e. The maximum absolute atomic E-state index is 11.9. The molecule has 1 heterocycles. The summed E-state index contributed by atoms with van der Waals surface area (Å²) in [5.41, 5.74) is -0.691. The lowest BCUT2D eigenvalue weighted by molar-refractivity contribution is -0.149. The van der Waals surface area contributed by atoms with Crippen LogP contribution in [0.3, 0.4) is 0 Å². The van der Waals surface area contributed by atoms with E-state index in [1.165, 1.54) is 0 Å². The molecule has 0 aliphatic carbocycles. The highest BCUT2D eigenvalue weighted by Crippen LogP contribution is 2.19. The van der Waals surface area contributed by atoms with Crippen LogP contribution >= 0.6 is 0 Å². The Morgan fingerprint density at radius 3 is 2.80 bits per heavy atom. The Bertz CT molecular complexity index is 261. The maximum Gasteiger partial charge on any atom is 0.245 e. The first-order valence-electron chi connectivity index (χ1n) is 5.59. The van der Waals surface area contributed by atoms with E-state index >= 15 is 0 Å². The van der Waals surface area contributed by atoms with E-state index in [2.05, 4.69) is 12.2 Å². The van der Waals surface area contributed by atoms with Gasteiger partial charge in [0.25, 0.3) is 0 Å². The Morgan fingerprint density at radius 1 is 1.53 bits per heavy atom. The van der Waals surface area contributed by atoms with Gasteiger partial charge in [-0.2, -0.15) is 0 Å². The number of piperazine rings is 1. The summed E-state index contributed by atoms with van der Waals surface area (Å²) in [5.74, 6) is 0.0373. The van der Waals surface area contributed by atoms with Crippen LogP contribution in [-0.4, -0.2) is 35.3 Å². The lowest BCUT2D eigenvalue weighted by atomic mass is 9.98. The highest BCUT2D eigenvalue weighted by Gasteiger charge is 2.39.